The minimum atomic E-state index is -1.63. The van der Waals surface area contributed by atoms with Crippen LogP contribution in [0, 0.1) is 5.92 Å². The van der Waals surface area contributed by atoms with E-state index in [9.17, 15) is 24.3 Å². The van der Waals surface area contributed by atoms with E-state index in [0.717, 1.165) is 7.11 Å². The third kappa shape index (κ3) is 5.74. The summed E-state index contributed by atoms with van der Waals surface area (Å²) in [5.41, 5.74) is 5.55. The van der Waals surface area contributed by atoms with Crippen LogP contribution in [0.25, 0.3) is 0 Å². The minimum absolute atomic E-state index is 0.196. The van der Waals surface area contributed by atoms with E-state index in [1.807, 2.05) is 0 Å². The summed E-state index contributed by atoms with van der Waals surface area (Å²) in [5, 5.41) is 9.53. The fourth-order valence-electron chi connectivity index (χ4n) is 3.05. The standard InChI is InChI=1S/C19H24N2O9/c1-10-14(9-28-15(24)7-13(23)19(26)27-3)30-18(16(10)29-11(2)22)21-6-4-5-12(8-21)17(20)25/h4-6,8,10,13-14,16,18,23H,7,9H2,1-3H3,(H-,20,25)/p+1/t10-,13+,14-,16-,18-/m1/s1. The van der Waals surface area contributed by atoms with E-state index in [0.29, 0.717) is 0 Å². The van der Waals surface area contributed by atoms with Crippen molar-refractivity contribution in [2.45, 2.75) is 44.8 Å². The van der Waals surface area contributed by atoms with Crippen LogP contribution in [-0.2, 0) is 33.3 Å². The summed E-state index contributed by atoms with van der Waals surface area (Å²) >= 11 is 0. The first-order valence-corrected chi connectivity index (χ1v) is 9.18. The van der Waals surface area contributed by atoms with Crippen LogP contribution in [0.5, 0.6) is 0 Å². The highest BCUT2D eigenvalue weighted by atomic mass is 16.6. The van der Waals surface area contributed by atoms with E-state index in [2.05, 4.69) is 4.74 Å². The number of pyridine rings is 1. The monoisotopic (exact) mass is 425 g/mol. The number of nitrogens with zero attached hydrogens (tertiary/aromatic N) is 1. The molecular weight excluding hydrogens is 400 g/mol. The first-order valence-electron chi connectivity index (χ1n) is 9.18. The Morgan fingerprint density at radius 1 is 1.33 bits per heavy atom. The van der Waals surface area contributed by atoms with Gasteiger partial charge in [0.15, 0.2) is 24.6 Å². The van der Waals surface area contributed by atoms with Crippen LogP contribution in [0.15, 0.2) is 24.5 Å². The van der Waals surface area contributed by atoms with E-state index >= 15 is 0 Å². The Kier molecular flexibility index (Phi) is 7.84. The van der Waals surface area contributed by atoms with Crippen molar-refractivity contribution in [3.05, 3.63) is 30.1 Å². The van der Waals surface area contributed by atoms with Gasteiger partial charge in [-0.05, 0) is 6.07 Å². The molecular formula is C19H25N2O9+. The van der Waals surface area contributed by atoms with Gasteiger partial charge in [-0.3, -0.25) is 14.4 Å². The number of aliphatic hydroxyl groups is 1. The van der Waals surface area contributed by atoms with Crippen molar-refractivity contribution in [3.63, 3.8) is 0 Å². The Labute approximate surface area is 172 Å². The molecule has 11 nitrogen and oxygen atoms in total. The first kappa shape index (κ1) is 23.2. The fraction of sp³-hybridized carbons (Fsp3) is 0.526. The van der Waals surface area contributed by atoms with Gasteiger partial charge >= 0.3 is 24.1 Å². The number of amides is 1. The summed E-state index contributed by atoms with van der Waals surface area (Å²) < 4.78 is 22.3. The molecule has 0 bridgehead atoms. The maximum atomic E-state index is 11.9. The third-order valence-electron chi connectivity index (χ3n) is 4.64. The fourth-order valence-corrected chi connectivity index (χ4v) is 3.05. The normalized spacial score (nSPS) is 24.0. The zero-order valence-electron chi connectivity index (χ0n) is 16.8. The summed E-state index contributed by atoms with van der Waals surface area (Å²) in [4.78, 5) is 46.1. The molecule has 0 aromatic carbocycles. The molecule has 1 aliphatic heterocycles. The van der Waals surface area contributed by atoms with Gasteiger partial charge in [-0.1, -0.05) is 6.92 Å². The molecule has 0 spiro atoms. The molecule has 2 heterocycles. The smallest absolute Gasteiger partial charge is 0.335 e. The highest BCUT2D eigenvalue weighted by Gasteiger charge is 2.50. The van der Waals surface area contributed by atoms with Gasteiger partial charge in [-0.15, -0.1) is 0 Å². The van der Waals surface area contributed by atoms with Crippen LogP contribution in [0.1, 0.15) is 36.9 Å². The molecule has 0 radical (unpaired) electrons. The molecule has 1 aromatic heterocycles. The Balaban J connectivity index is 2.10. The topological polar surface area (TPSA) is 155 Å². The van der Waals surface area contributed by atoms with Crippen molar-refractivity contribution in [1.82, 2.24) is 0 Å². The highest BCUT2D eigenvalue weighted by Crippen LogP contribution is 2.33. The number of rotatable bonds is 8. The number of methoxy groups -OCH3 is 1. The maximum Gasteiger partial charge on any atom is 0.335 e. The van der Waals surface area contributed by atoms with E-state index in [4.69, 9.17) is 19.9 Å². The molecule has 0 unspecified atom stereocenters. The van der Waals surface area contributed by atoms with Crippen LogP contribution >= 0.6 is 0 Å². The first-order chi connectivity index (χ1) is 14.1. The molecule has 1 saturated heterocycles. The van der Waals surface area contributed by atoms with Gasteiger partial charge in [-0.2, -0.15) is 4.57 Å². The molecule has 2 rings (SSSR count). The third-order valence-corrected chi connectivity index (χ3v) is 4.64. The van der Waals surface area contributed by atoms with Crippen LogP contribution in [-0.4, -0.2) is 61.0 Å². The number of primary amides is 1. The van der Waals surface area contributed by atoms with Gasteiger partial charge in [0.2, 0.25) is 0 Å². The largest absolute Gasteiger partial charge is 0.467 e. The van der Waals surface area contributed by atoms with Crippen molar-refractivity contribution >= 4 is 23.8 Å². The van der Waals surface area contributed by atoms with Crippen molar-refractivity contribution in [2.24, 2.45) is 11.7 Å². The van der Waals surface area contributed by atoms with E-state index in [1.165, 1.54) is 19.2 Å². The summed E-state index contributed by atoms with van der Waals surface area (Å²) in [5.74, 6) is -3.29. The lowest BCUT2D eigenvalue weighted by molar-refractivity contribution is -0.765. The van der Waals surface area contributed by atoms with Gasteiger partial charge in [0.1, 0.15) is 18.3 Å². The predicted octanol–water partition coefficient (Wildman–Crippen LogP) is -0.995. The van der Waals surface area contributed by atoms with Crippen molar-refractivity contribution in [3.8, 4) is 0 Å². The average molecular weight is 425 g/mol. The number of hydrogen-bond donors (Lipinski definition) is 2. The molecule has 30 heavy (non-hydrogen) atoms. The summed E-state index contributed by atoms with van der Waals surface area (Å²) in [6.07, 6.45) is -1.26. The van der Waals surface area contributed by atoms with E-state index in [1.54, 1.807) is 23.8 Å². The van der Waals surface area contributed by atoms with Crippen LogP contribution in [0.3, 0.4) is 0 Å². The lowest BCUT2D eigenvalue weighted by Crippen LogP contribution is -2.46. The Morgan fingerprint density at radius 2 is 2.03 bits per heavy atom. The van der Waals surface area contributed by atoms with Crippen molar-refractivity contribution in [2.75, 3.05) is 13.7 Å². The number of ether oxygens (including phenoxy) is 4. The molecule has 1 aromatic rings. The lowest BCUT2D eigenvalue weighted by atomic mass is 10.0. The lowest BCUT2D eigenvalue weighted by Gasteiger charge is -2.18. The SMILES string of the molecule is COC(=O)[C@@H](O)CC(=O)OC[C@H]1O[C@@H]([n+]2cccc(C(N)=O)c2)[C@H](OC(C)=O)[C@@H]1C. The molecule has 5 atom stereocenters. The quantitative estimate of drug-likeness (QED) is 0.303. The highest BCUT2D eigenvalue weighted by molar-refractivity contribution is 5.92. The van der Waals surface area contributed by atoms with Crippen molar-refractivity contribution in [1.29, 1.82) is 0 Å². The van der Waals surface area contributed by atoms with Crippen molar-refractivity contribution < 1.29 is 47.8 Å². The summed E-state index contributed by atoms with van der Waals surface area (Å²) in [6, 6.07) is 3.13. The molecule has 1 aliphatic rings. The second-order valence-electron chi connectivity index (χ2n) is 6.83. The Morgan fingerprint density at radius 3 is 2.63 bits per heavy atom. The number of carbonyl (C=O) groups excluding carboxylic acids is 4. The summed E-state index contributed by atoms with van der Waals surface area (Å²) in [7, 11) is 1.09. The van der Waals surface area contributed by atoms with Gasteiger partial charge in [0, 0.05) is 18.9 Å². The number of esters is 3. The van der Waals surface area contributed by atoms with Crippen LogP contribution < -0.4 is 10.3 Å². The summed E-state index contributed by atoms with van der Waals surface area (Å²) in [6.45, 7) is 2.82. The molecule has 0 saturated carbocycles. The number of carbonyl (C=O) groups is 4. The molecule has 3 N–H and O–H groups in total. The number of aromatic nitrogens is 1. The number of hydrogen-bond acceptors (Lipinski definition) is 9. The van der Waals surface area contributed by atoms with Gasteiger partial charge in [-0.25, -0.2) is 4.79 Å². The number of aliphatic hydroxyl groups excluding tert-OH is 1. The Hall–Kier alpha value is -3.05. The van der Waals surface area contributed by atoms with Gasteiger partial charge in [0.05, 0.1) is 13.5 Å². The second-order valence-corrected chi connectivity index (χ2v) is 6.83. The maximum absolute atomic E-state index is 11.9. The van der Waals surface area contributed by atoms with E-state index < -0.39 is 54.8 Å². The minimum Gasteiger partial charge on any atom is -0.467 e. The Bertz CT molecular complexity index is 813. The van der Waals surface area contributed by atoms with Crippen LogP contribution in [0.2, 0.25) is 0 Å². The zero-order valence-corrected chi connectivity index (χ0v) is 16.8. The zero-order chi connectivity index (χ0) is 22.4. The number of nitrogens with two attached hydrogens (primary N) is 1. The predicted molar refractivity (Wildman–Crippen MR) is 97.4 cm³/mol. The molecule has 1 fully saturated rings. The molecule has 11 heteroatoms. The molecule has 1 amide bonds. The molecule has 164 valence electrons. The van der Waals surface area contributed by atoms with Crippen LogP contribution in [0.4, 0.5) is 0 Å². The second kappa shape index (κ2) is 10.1. The van der Waals surface area contributed by atoms with E-state index in [-0.39, 0.29) is 18.1 Å². The molecule has 0 aliphatic carbocycles. The average Bonchev–Trinajstić information content (AvgIpc) is 3.00. The van der Waals surface area contributed by atoms with Gasteiger partial charge in [0.25, 0.3) is 5.91 Å². The van der Waals surface area contributed by atoms with Gasteiger partial charge < -0.3 is 29.8 Å².